The number of nitrogens with two attached hydrogens (primary N) is 1. The van der Waals surface area contributed by atoms with Gasteiger partial charge in [0.2, 0.25) is 5.91 Å². The zero-order chi connectivity index (χ0) is 29.1. The van der Waals surface area contributed by atoms with E-state index in [1.54, 1.807) is 41.4 Å². The highest BCUT2D eigenvalue weighted by molar-refractivity contribution is 5.81. The summed E-state index contributed by atoms with van der Waals surface area (Å²) in [4.78, 5) is 28.4. The molecular weight excluding hydrogens is 529 g/mol. The van der Waals surface area contributed by atoms with Crippen molar-refractivity contribution in [1.29, 1.82) is 0 Å². The second-order valence-corrected chi connectivity index (χ2v) is 10.8. The van der Waals surface area contributed by atoms with Crippen LogP contribution in [0, 0.1) is 0 Å². The lowest BCUT2D eigenvalue weighted by Gasteiger charge is -2.34. The molecule has 41 heavy (non-hydrogen) atoms. The van der Waals surface area contributed by atoms with E-state index >= 15 is 0 Å². The van der Waals surface area contributed by atoms with Crippen LogP contribution in [0.15, 0.2) is 61.1 Å². The number of carbonyl (C=O) groups is 1. The monoisotopic (exact) mass is 564 g/mol. The van der Waals surface area contributed by atoms with E-state index in [0.717, 1.165) is 22.2 Å². The summed E-state index contributed by atoms with van der Waals surface area (Å²) < 4.78 is 43.1. The predicted octanol–water partition coefficient (Wildman–Crippen LogP) is 5.77. The number of hydrogen-bond acceptors (Lipinski definition) is 5. The first-order valence-electron chi connectivity index (χ1n) is 14.0. The number of fused-ring (bicyclic) bond motifs is 1. The van der Waals surface area contributed by atoms with Crippen molar-refractivity contribution in [2.45, 2.75) is 50.7 Å². The second-order valence-electron chi connectivity index (χ2n) is 10.8. The molecule has 0 saturated carbocycles. The number of carbonyl (C=O) groups excluding carboxylic acids is 1. The van der Waals surface area contributed by atoms with Crippen molar-refractivity contribution in [3.63, 3.8) is 0 Å². The SMILES string of the molecule is CCN(C)C(=O)CC(Cc1cc(-c2cnc3[nH]ccc3c2)ccn1)c1ccc(N2CCC(N)CC2)c(C(F)(F)F)c1. The first-order chi connectivity index (χ1) is 19.6. The molecule has 4 heterocycles. The van der Waals surface area contributed by atoms with E-state index in [9.17, 15) is 18.0 Å². The van der Waals surface area contributed by atoms with E-state index in [4.69, 9.17) is 5.73 Å². The first kappa shape index (κ1) is 28.6. The third-order valence-corrected chi connectivity index (χ3v) is 8.00. The van der Waals surface area contributed by atoms with Gasteiger partial charge in [0.15, 0.2) is 0 Å². The number of anilines is 1. The van der Waals surface area contributed by atoms with Crippen molar-refractivity contribution >= 4 is 22.6 Å². The number of H-pyrrole nitrogens is 1. The minimum Gasteiger partial charge on any atom is -0.371 e. The molecule has 3 aromatic heterocycles. The van der Waals surface area contributed by atoms with Gasteiger partial charge in [0, 0.05) is 80.1 Å². The lowest BCUT2D eigenvalue weighted by molar-refractivity contribution is -0.137. The van der Waals surface area contributed by atoms with Gasteiger partial charge in [-0.2, -0.15) is 13.2 Å². The van der Waals surface area contributed by atoms with Crippen molar-refractivity contribution in [2.24, 2.45) is 5.73 Å². The summed E-state index contributed by atoms with van der Waals surface area (Å²) in [6, 6.07) is 12.3. The molecule has 0 spiro atoms. The highest BCUT2D eigenvalue weighted by Gasteiger charge is 2.36. The quantitative estimate of drug-likeness (QED) is 0.284. The summed E-state index contributed by atoms with van der Waals surface area (Å²) in [7, 11) is 1.70. The summed E-state index contributed by atoms with van der Waals surface area (Å²) >= 11 is 0. The number of piperidine rings is 1. The maximum atomic E-state index is 14.4. The molecule has 4 aromatic rings. The van der Waals surface area contributed by atoms with Crippen molar-refractivity contribution < 1.29 is 18.0 Å². The van der Waals surface area contributed by atoms with Crippen molar-refractivity contribution in [3.8, 4) is 11.1 Å². The number of nitrogens with one attached hydrogen (secondary N) is 1. The number of rotatable bonds is 8. The standard InChI is InChI=1S/C31H35F3N6O/c1-3-39(2)29(41)18-23(16-26-15-21(6-10-36-26)24-14-22-7-11-37-30(22)38-19-24)20-4-5-28(27(17-20)31(32,33)34)40-12-8-25(35)9-13-40/h4-7,10-11,14-15,17,19,23,25H,3,8-9,12-13,16,18,35H2,1-2H3,(H,37,38). The van der Waals surface area contributed by atoms with Gasteiger partial charge in [-0.15, -0.1) is 0 Å². The fourth-order valence-corrected chi connectivity index (χ4v) is 5.42. The molecule has 1 aliphatic rings. The van der Waals surface area contributed by atoms with Gasteiger partial charge >= 0.3 is 6.18 Å². The molecule has 5 rings (SSSR count). The van der Waals surface area contributed by atoms with Crippen LogP contribution in [0.4, 0.5) is 18.9 Å². The molecule has 1 atom stereocenters. The number of pyridine rings is 2. The van der Waals surface area contributed by atoms with Gasteiger partial charge in [-0.25, -0.2) is 4.98 Å². The van der Waals surface area contributed by atoms with E-state index in [1.165, 1.54) is 6.07 Å². The molecule has 1 saturated heterocycles. The highest BCUT2D eigenvalue weighted by atomic mass is 19.4. The van der Waals surface area contributed by atoms with Crippen LogP contribution < -0.4 is 10.6 Å². The molecule has 3 N–H and O–H groups in total. The van der Waals surface area contributed by atoms with Gasteiger partial charge < -0.3 is 20.5 Å². The Morgan fingerprint density at radius 3 is 2.63 bits per heavy atom. The number of halogens is 3. The summed E-state index contributed by atoms with van der Waals surface area (Å²) in [5, 5.41) is 0.974. The summed E-state index contributed by atoms with van der Waals surface area (Å²) in [5.74, 6) is -0.618. The average Bonchev–Trinajstić information content (AvgIpc) is 3.44. The van der Waals surface area contributed by atoms with Crippen LogP contribution in [-0.2, 0) is 17.4 Å². The minimum atomic E-state index is -4.54. The Bertz CT molecular complexity index is 1510. The molecule has 0 aliphatic carbocycles. The second kappa shape index (κ2) is 11.9. The van der Waals surface area contributed by atoms with Gasteiger partial charge in [-0.3, -0.25) is 9.78 Å². The van der Waals surface area contributed by atoms with Crippen LogP contribution in [0.3, 0.4) is 0 Å². The third kappa shape index (κ3) is 6.53. The van der Waals surface area contributed by atoms with Crippen molar-refractivity contribution in [2.75, 3.05) is 31.6 Å². The number of aromatic nitrogens is 3. The zero-order valence-electron chi connectivity index (χ0n) is 23.3. The maximum absolute atomic E-state index is 14.4. The number of nitrogens with zero attached hydrogens (tertiary/aromatic N) is 4. The molecular formula is C31H35F3N6O. The largest absolute Gasteiger partial charge is 0.418 e. The highest BCUT2D eigenvalue weighted by Crippen LogP contribution is 2.40. The van der Waals surface area contributed by atoms with E-state index in [1.807, 2.05) is 37.4 Å². The molecule has 0 radical (unpaired) electrons. The fourth-order valence-electron chi connectivity index (χ4n) is 5.42. The Balaban J connectivity index is 1.49. The summed E-state index contributed by atoms with van der Waals surface area (Å²) in [6.07, 6.45) is 2.43. The van der Waals surface area contributed by atoms with Crippen LogP contribution in [0.5, 0.6) is 0 Å². The zero-order valence-corrected chi connectivity index (χ0v) is 23.3. The van der Waals surface area contributed by atoms with Gasteiger partial charge in [-0.1, -0.05) is 6.07 Å². The molecule has 1 amide bonds. The van der Waals surface area contributed by atoms with Crippen molar-refractivity contribution in [3.05, 3.63) is 77.9 Å². The predicted molar refractivity (Wildman–Crippen MR) is 155 cm³/mol. The molecule has 1 fully saturated rings. The van der Waals surface area contributed by atoms with Crippen LogP contribution in [0.1, 0.15) is 48.9 Å². The Labute approximate surface area is 237 Å². The smallest absolute Gasteiger partial charge is 0.371 e. The van der Waals surface area contributed by atoms with E-state index in [-0.39, 0.29) is 24.1 Å². The number of benzene rings is 1. The number of amides is 1. The molecule has 1 aromatic carbocycles. The molecule has 1 aliphatic heterocycles. The van der Waals surface area contributed by atoms with Gasteiger partial charge in [-0.05, 0) is 79.6 Å². The first-order valence-corrected chi connectivity index (χ1v) is 14.0. The fraction of sp³-hybridized carbons (Fsp3) is 0.387. The number of alkyl halides is 3. The van der Waals surface area contributed by atoms with Crippen LogP contribution >= 0.6 is 0 Å². The minimum absolute atomic E-state index is 0.00906. The molecule has 0 bridgehead atoms. The van der Waals surface area contributed by atoms with Crippen molar-refractivity contribution in [1.82, 2.24) is 19.9 Å². The Kier molecular flexibility index (Phi) is 8.30. The Morgan fingerprint density at radius 1 is 1.12 bits per heavy atom. The van der Waals surface area contributed by atoms with E-state index in [2.05, 4.69) is 15.0 Å². The normalized spacial score (nSPS) is 15.3. The molecule has 7 nitrogen and oxygen atoms in total. The van der Waals surface area contributed by atoms with Gasteiger partial charge in [0.25, 0.3) is 0 Å². The lowest BCUT2D eigenvalue weighted by Crippen LogP contribution is -2.40. The van der Waals surface area contributed by atoms with Crippen LogP contribution in [-0.4, -0.2) is 58.5 Å². The Morgan fingerprint density at radius 2 is 1.90 bits per heavy atom. The average molecular weight is 565 g/mol. The topological polar surface area (TPSA) is 91.1 Å². The molecule has 10 heteroatoms. The summed E-state index contributed by atoms with van der Waals surface area (Å²) in [6.45, 7) is 3.34. The van der Waals surface area contributed by atoms with Gasteiger partial charge in [0.05, 0.1) is 5.56 Å². The van der Waals surface area contributed by atoms with E-state index < -0.39 is 17.7 Å². The van der Waals surface area contributed by atoms with Crippen LogP contribution in [0.2, 0.25) is 0 Å². The number of aromatic amines is 1. The van der Waals surface area contributed by atoms with Gasteiger partial charge in [0.1, 0.15) is 5.65 Å². The third-order valence-electron chi connectivity index (χ3n) is 8.00. The number of hydrogen-bond donors (Lipinski definition) is 2. The van der Waals surface area contributed by atoms with Crippen LogP contribution in [0.25, 0.3) is 22.2 Å². The Hall–Kier alpha value is -3.92. The summed E-state index contributed by atoms with van der Waals surface area (Å²) in [5.41, 5.74) is 9.23. The van der Waals surface area contributed by atoms with E-state index in [0.29, 0.717) is 50.2 Å². The lowest BCUT2D eigenvalue weighted by atomic mass is 9.88. The molecule has 216 valence electrons. The molecule has 1 unspecified atom stereocenters. The maximum Gasteiger partial charge on any atom is 0.418 e.